The van der Waals surface area contributed by atoms with Crippen molar-refractivity contribution in [2.24, 2.45) is 0 Å². The number of anilines is 1. The number of carbonyl (C=O) groups is 1. The van der Waals surface area contributed by atoms with Crippen molar-refractivity contribution in [3.63, 3.8) is 0 Å². The third-order valence-electron chi connectivity index (χ3n) is 4.79. The van der Waals surface area contributed by atoms with E-state index in [1.807, 2.05) is 51.1 Å². The summed E-state index contributed by atoms with van der Waals surface area (Å²) in [6.07, 6.45) is 3.23. The molecule has 0 aliphatic heterocycles. The molecule has 0 aliphatic carbocycles. The quantitative estimate of drug-likeness (QED) is 0.210. The molecule has 0 atom stereocenters. The largest absolute Gasteiger partial charge is 0.490 e. The Morgan fingerprint density at radius 1 is 1.06 bits per heavy atom. The Balaban J connectivity index is 1.65. The fourth-order valence-electron chi connectivity index (χ4n) is 3.12. The maximum atomic E-state index is 12.6. The van der Waals surface area contributed by atoms with Crippen LogP contribution in [0.5, 0.6) is 17.2 Å². The fourth-order valence-corrected chi connectivity index (χ4v) is 3.96. The van der Waals surface area contributed by atoms with E-state index in [2.05, 4.69) is 15.5 Å². The van der Waals surface area contributed by atoms with Gasteiger partial charge in [-0.15, -0.1) is 10.2 Å². The van der Waals surface area contributed by atoms with Crippen LogP contribution in [0.3, 0.4) is 0 Å². The molecule has 0 spiro atoms. The van der Waals surface area contributed by atoms with Crippen LogP contribution in [0.25, 0.3) is 6.08 Å². The highest BCUT2D eigenvalue weighted by atomic mass is 32.1. The first-order valence-corrected chi connectivity index (χ1v) is 12.2. The van der Waals surface area contributed by atoms with Gasteiger partial charge in [0.1, 0.15) is 35.6 Å². The third kappa shape index (κ3) is 7.55. The molecule has 35 heavy (non-hydrogen) atoms. The molecule has 1 N–H and O–H groups in total. The Hall–Kier alpha value is -3.90. The maximum absolute atomic E-state index is 12.6. The zero-order valence-corrected chi connectivity index (χ0v) is 20.9. The Morgan fingerprint density at radius 2 is 1.83 bits per heavy atom. The van der Waals surface area contributed by atoms with Crippen molar-refractivity contribution in [2.45, 2.75) is 33.6 Å². The third-order valence-corrected chi connectivity index (χ3v) is 5.69. The summed E-state index contributed by atoms with van der Waals surface area (Å²) < 4.78 is 17.3. The summed E-state index contributed by atoms with van der Waals surface area (Å²) in [5.74, 6) is 1.35. The summed E-state index contributed by atoms with van der Waals surface area (Å²) in [6.45, 7) is 7.05. The number of para-hydroxylation sites is 1. The standard InChI is InChI=1S/C26H28N4O4S/c1-4-8-24-29-30-26(35-24)28-25(31)20(17-27)15-19-11-12-22(23(16-19)32-5-2)34-14-13-33-21-10-7-6-9-18(21)3/h6-7,9-12,15-16H,4-5,8,13-14H2,1-3H3,(H,28,30,31)/b20-15-. The van der Waals surface area contributed by atoms with Crippen LogP contribution in [-0.2, 0) is 11.2 Å². The second-order valence-electron chi connectivity index (χ2n) is 7.48. The van der Waals surface area contributed by atoms with Gasteiger partial charge >= 0.3 is 0 Å². The molecule has 1 amide bonds. The number of hydrogen-bond donors (Lipinski definition) is 1. The number of ether oxygens (including phenoxy) is 3. The number of rotatable bonds is 12. The van der Waals surface area contributed by atoms with Crippen LogP contribution in [-0.4, -0.2) is 35.9 Å². The highest BCUT2D eigenvalue weighted by Crippen LogP contribution is 2.30. The van der Waals surface area contributed by atoms with Crippen LogP contribution in [0, 0.1) is 18.3 Å². The van der Waals surface area contributed by atoms with E-state index in [0.29, 0.717) is 42.0 Å². The Labute approximate surface area is 209 Å². The van der Waals surface area contributed by atoms with Gasteiger partial charge in [0.05, 0.1) is 6.61 Å². The van der Waals surface area contributed by atoms with Gasteiger partial charge in [-0.2, -0.15) is 5.26 Å². The van der Waals surface area contributed by atoms with Crippen LogP contribution < -0.4 is 19.5 Å². The van der Waals surface area contributed by atoms with Gasteiger partial charge in [-0.25, -0.2) is 0 Å². The average molecular weight is 493 g/mol. The Kier molecular flexibility index (Phi) is 9.63. The molecule has 0 fully saturated rings. The summed E-state index contributed by atoms with van der Waals surface area (Å²) in [6, 6.07) is 15.0. The SMILES string of the molecule is CCCc1nnc(NC(=O)/C(C#N)=C\c2ccc(OCCOc3ccccc3C)c(OCC)c2)s1. The van der Waals surface area contributed by atoms with Gasteiger partial charge in [0.2, 0.25) is 5.13 Å². The van der Waals surface area contributed by atoms with Crippen molar-refractivity contribution < 1.29 is 19.0 Å². The lowest BCUT2D eigenvalue weighted by atomic mass is 10.1. The summed E-state index contributed by atoms with van der Waals surface area (Å²) in [7, 11) is 0. The molecule has 0 radical (unpaired) electrons. The molecule has 1 heterocycles. The van der Waals surface area contributed by atoms with E-state index in [1.165, 1.54) is 17.4 Å². The molecule has 0 aliphatic rings. The molecular weight excluding hydrogens is 464 g/mol. The predicted octanol–water partition coefficient (Wildman–Crippen LogP) is 5.20. The first-order valence-electron chi connectivity index (χ1n) is 11.4. The number of aromatic nitrogens is 2. The van der Waals surface area contributed by atoms with Gasteiger partial charge in [-0.05, 0) is 55.7 Å². The van der Waals surface area contributed by atoms with E-state index in [4.69, 9.17) is 14.2 Å². The molecule has 8 nitrogen and oxygen atoms in total. The normalized spacial score (nSPS) is 11.0. The molecule has 0 saturated heterocycles. The number of aryl methyl sites for hydroxylation is 2. The molecule has 0 saturated carbocycles. The molecule has 0 bridgehead atoms. The number of nitriles is 1. The topological polar surface area (TPSA) is 106 Å². The van der Waals surface area contributed by atoms with Crippen molar-refractivity contribution in [3.05, 3.63) is 64.2 Å². The monoisotopic (exact) mass is 492 g/mol. The minimum Gasteiger partial charge on any atom is -0.490 e. The highest BCUT2D eigenvalue weighted by molar-refractivity contribution is 7.15. The zero-order chi connectivity index (χ0) is 25.0. The van der Waals surface area contributed by atoms with Crippen molar-refractivity contribution in [2.75, 3.05) is 25.1 Å². The lowest BCUT2D eigenvalue weighted by Crippen LogP contribution is -2.13. The lowest BCUT2D eigenvalue weighted by Gasteiger charge is -2.14. The Morgan fingerprint density at radius 3 is 2.54 bits per heavy atom. The van der Waals surface area contributed by atoms with Gasteiger partial charge in [0.15, 0.2) is 11.5 Å². The first kappa shape index (κ1) is 25.7. The molecule has 182 valence electrons. The van der Waals surface area contributed by atoms with Crippen LogP contribution in [0.15, 0.2) is 48.0 Å². The lowest BCUT2D eigenvalue weighted by molar-refractivity contribution is -0.112. The molecule has 3 rings (SSSR count). The van der Waals surface area contributed by atoms with E-state index in [-0.39, 0.29) is 5.57 Å². The number of carbonyl (C=O) groups excluding carboxylic acids is 1. The predicted molar refractivity (Wildman–Crippen MR) is 136 cm³/mol. The van der Waals surface area contributed by atoms with Crippen molar-refractivity contribution in [1.29, 1.82) is 5.26 Å². The fraction of sp³-hybridized carbons (Fsp3) is 0.308. The van der Waals surface area contributed by atoms with Gasteiger partial charge in [0, 0.05) is 6.42 Å². The van der Waals surface area contributed by atoms with Gasteiger partial charge < -0.3 is 14.2 Å². The number of benzene rings is 2. The van der Waals surface area contributed by atoms with Crippen LogP contribution >= 0.6 is 11.3 Å². The minimum atomic E-state index is -0.543. The van der Waals surface area contributed by atoms with Gasteiger partial charge in [-0.1, -0.05) is 42.5 Å². The molecule has 9 heteroatoms. The van der Waals surface area contributed by atoms with E-state index >= 15 is 0 Å². The van der Waals surface area contributed by atoms with Crippen molar-refractivity contribution in [3.8, 4) is 23.3 Å². The highest BCUT2D eigenvalue weighted by Gasteiger charge is 2.14. The van der Waals surface area contributed by atoms with E-state index < -0.39 is 5.91 Å². The number of hydrogen-bond acceptors (Lipinski definition) is 8. The smallest absolute Gasteiger partial charge is 0.268 e. The molecule has 1 aromatic heterocycles. The van der Waals surface area contributed by atoms with E-state index in [0.717, 1.165) is 29.2 Å². The minimum absolute atomic E-state index is 0.0556. The molecule has 2 aromatic carbocycles. The summed E-state index contributed by atoms with van der Waals surface area (Å²) in [5.41, 5.74) is 1.64. The molecule has 0 unspecified atom stereocenters. The first-order chi connectivity index (χ1) is 17.0. The molecule has 3 aromatic rings. The summed E-state index contributed by atoms with van der Waals surface area (Å²) >= 11 is 1.30. The van der Waals surface area contributed by atoms with Crippen molar-refractivity contribution in [1.82, 2.24) is 10.2 Å². The second-order valence-corrected chi connectivity index (χ2v) is 8.54. The van der Waals surface area contributed by atoms with Gasteiger partial charge in [-0.3, -0.25) is 10.1 Å². The number of nitrogens with one attached hydrogen (secondary N) is 1. The van der Waals surface area contributed by atoms with Crippen LogP contribution in [0.4, 0.5) is 5.13 Å². The second kappa shape index (κ2) is 13.1. The maximum Gasteiger partial charge on any atom is 0.268 e. The zero-order valence-electron chi connectivity index (χ0n) is 20.0. The Bertz CT molecular complexity index is 1220. The van der Waals surface area contributed by atoms with Gasteiger partial charge in [0.25, 0.3) is 5.91 Å². The summed E-state index contributed by atoms with van der Waals surface area (Å²) in [5, 5.41) is 21.4. The van der Waals surface area contributed by atoms with E-state index in [1.54, 1.807) is 18.2 Å². The van der Waals surface area contributed by atoms with E-state index in [9.17, 15) is 10.1 Å². The van der Waals surface area contributed by atoms with Crippen LogP contribution in [0.1, 0.15) is 36.4 Å². The summed E-state index contributed by atoms with van der Waals surface area (Å²) in [4.78, 5) is 12.6. The average Bonchev–Trinajstić information content (AvgIpc) is 3.29. The number of nitrogens with zero attached hydrogens (tertiary/aromatic N) is 3. The number of amides is 1. The molecular formula is C26H28N4O4S. The van der Waals surface area contributed by atoms with Crippen LogP contribution in [0.2, 0.25) is 0 Å². The van der Waals surface area contributed by atoms with Crippen molar-refractivity contribution >= 4 is 28.5 Å².